The lowest BCUT2D eigenvalue weighted by Crippen LogP contribution is -2.06. The quantitative estimate of drug-likeness (QED) is 0.801. The number of rotatable bonds is 4. The number of imidazole rings is 1. The normalized spacial score (nSPS) is 14.8. The van der Waals surface area contributed by atoms with Gasteiger partial charge in [-0.25, -0.2) is 4.98 Å². The first-order valence-corrected chi connectivity index (χ1v) is 7.59. The summed E-state index contributed by atoms with van der Waals surface area (Å²) in [5, 5.41) is 4.05. The first kappa shape index (κ1) is 12.1. The van der Waals surface area contributed by atoms with Gasteiger partial charge in [-0.1, -0.05) is 11.6 Å². The summed E-state index contributed by atoms with van der Waals surface area (Å²) in [6.07, 6.45) is 6.30. The lowest BCUT2D eigenvalue weighted by atomic mass is 10.2. The number of halogens is 1. The molecule has 0 amide bonds. The number of fused-ring (bicyclic) bond motifs is 1. The van der Waals surface area contributed by atoms with Gasteiger partial charge >= 0.3 is 0 Å². The molecule has 2 aromatic heterocycles. The standard InChI is InChI=1S/C13H12ClN5S/c14-10-3-4-11-13(18-20-17-11)12(10)16-6-9-5-15-7-19(9)8-1-2-8/h3-5,7-8,16H,1-2,6H2. The van der Waals surface area contributed by atoms with Gasteiger partial charge < -0.3 is 9.88 Å². The first-order valence-electron chi connectivity index (χ1n) is 6.48. The third kappa shape index (κ3) is 2.05. The van der Waals surface area contributed by atoms with E-state index in [1.165, 1.54) is 30.3 Å². The molecule has 20 heavy (non-hydrogen) atoms. The number of hydrogen-bond acceptors (Lipinski definition) is 5. The van der Waals surface area contributed by atoms with E-state index >= 15 is 0 Å². The van der Waals surface area contributed by atoms with Crippen molar-refractivity contribution >= 4 is 40.0 Å². The highest BCUT2D eigenvalue weighted by atomic mass is 35.5. The van der Waals surface area contributed by atoms with Crippen LogP contribution in [-0.4, -0.2) is 18.3 Å². The van der Waals surface area contributed by atoms with E-state index in [1.54, 1.807) is 0 Å². The van der Waals surface area contributed by atoms with Crippen LogP contribution in [-0.2, 0) is 6.54 Å². The Morgan fingerprint density at radius 2 is 2.25 bits per heavy atom. The number of aromatic nitrogens is 4. The Balaban J connectivity index is 1.62. The maximum Gasteiger partial charge on any atom is 0.129 e. The Morgan fingerprint density at radius 1 is 1.35 bits per heavy atom. The zero-order valence-corrected chi connectivity index (χ0v) is 12.2. The average molecular weight is 306 g/mol. The summed E-state index contributed by atoms with van der Waals surface area (Å²) < 4.78 is 10.8. The van der Waals surface area contributed by atoms with Crippen molar-refractivity contribution in [2.75, 3.05) is 5.32 Å². The predicted molar refractivity (Wildman–Crippen MR) is 80.2 cm³/mol. The summed E-state index contributed by atoms with van der Waals surface area (Å²) in [6.45, 7) is 0.687. The molecule has 0 atom stereocenters. The van der Waals surface area contributed by atoms with E-state index in [1.807, 2.05) is 24.7 Å². The molecule has 1 aromatic carbocycles. The van der Waals surface area contributed by atoms with Gasteiger partial charge in [0, 0.05) is 12.2 Å². The topological polar surface area (TPSA) is 55.6 Å². The molecule has 1 N–H and O–H groups in total. The Morgan fingerprint density at radius 3 is 3.10 bits per heavy atom. The van der Waals surface area contributed by atoms with E-state index in [2.05, 4.69) is 23.6 Å². The van der Waals surface area contributed by atoms with Crippen molar-refractivity contribution in [3.05, 3.63) is 35.4 Å². The molecule has 3 aromatic rings. The zero-order valence-electron chi connectivity index (χ0n) is 10.6. The molecule has 0 bridgehead atoms. The molecule has 1 aliphatic carbocycles. The van der Waals surface area contributed by atoms with Crippen LogP contribution in [0.15, 0.2) is 24.7 Å². The fourth-order valence-electron chi connectivity index (χ4n) is 2.32. The summed E-state index contributed by atoms with van der Waals surface area (Å²) in [7, 11) is 0. The molecular formula is C13H12ClN5S. The summed E-state index contributed by atoms with van der Waals surface area (Å²) in [4.78, 5) is 4.23. The van der Waals surface area contributed by atoms with Crippen LogP contribution in [0.5, 0.6) is 0 Å². The second-order valence-corrected chi connectivity index (χ2v) is 5.87. The van der Waals surface area contributed by atoms with Crippen molar-refractivity contribution in [2.45, 2.75) is 25.4 Å². The van der Waals surface area contributed by atoms with Gasteiger partial charge in [0.2, 0.25) is 0 Å². The van der Waals surface area contributed by atoms with Crippen LogP contribution in [0.2, 0.25) is 5.02 Å². The molecule has 0 saturated heterocycles. The molecule has 0 unspecified atom stereocenters. The van der Waals surface area contributed by atoms with Crippen molar-refractivity contribution < 1.29 is 0 Å². The number of nitrogens with one attached hydrogen (secondary N) is 1. The SMILES string of the molecule is Clc1ccc2nsnc2c1NCc1cncn1C1CC1. The van der Waals surface area contributed by atoms with Crippen LogP contribution in [0.1, 0.15) is 24.6 Å². The average Bonchev–Trinajstić information content (AvgIpc) is 3.00. The molecule has 1 aliphatic rings. The van der Waals surface area contributed by atoms with Gasteiger partial charge in [0.05, 0.1) is 41.0 Å². The van der Waals surface area contributed by atoms with Crippen LogP contribution in [0.4, 0.5) is 5.69 Å². The smallest absolute Gasteiger partial charge is 0.129 e. The van der Waals surface area contributed by atoms with E-state index in [4.69, 9.17) is 11.6 Å². The van der Waals surface area contributed by atoms with E-state index < -0.39 is 0 Å². The Kier molecular flexibility index (Phi) is 2.85. The van der Waals surface area contributed by atoms with Crippen molar-refractivity contribution in [1.82, 2.24) is 18.3 Å². The fraction of sp³-hybridized carbons (Fsp3) is 0.308. The number of anilines is 1. The van der Waals surface area contributed by atoms with E-state index in [9.17, 15) is 0 Å². The summed E-state index contributed by atoms with van der Waals surface area (Å²) in [6, 6.07) is 4.37. The highest BCUT2D eigenvalue weighted by Crippen LogP contribution is 2.36. The number of nitrogens with zero attached hydrogens (tertiary/aromatic N) is 4. The highest BCUT2D eigenvalue weighted by molar-refractivity contribution is 7.00. The van der Waals surface area contributed by atoms with E-state index in [0.717, 1.165) is 16.7 Å². The summed E-state index contributed by atoms with van der Waals surface area (Å²) >= 11 is 7.47. The first-order chi connectivity index (χ1) is 9.83. The molecule has 0 aliphatic heterocycles. The molecule has 102 valence electrons. The van der Waals surface area contributed by atoms with E-state index in [-0.39, 0.29) is 0 Å². The second kappa shape index (κ2) is 4.71. The minimum atomic E-state index is 0.626. The highest BCUT2D eigenvalue weighted by Gasteiger charge is 2.25. The van der Waals surface area contributed by atoms with Gasteiger partial charge in [-0.2, -0.15) is 8.75 Å². The van der Waals surface area contributed by atoms with Crippen molar-refractivity contribution in [2.24, 2.45) is 0 Å². The Hall–Kier alpha value is -1.66. The minimum absolute atomic E-state index is 0.626. The lowest BCUT2D eigenvalue weighted by Gasteiger charge is -2.10. The summed E-state index contributed by atoms with van der Waals surface area (Å²) in [5.74, 6) is 0. The van der Waals surface area contributed by atoms with Crippen LogP contribution in [0, 0.1) is 0 Å². The molecule has 4 rings (SSSR count). The van der Waals surface area contributed by atoms with Crippen molar-refractivity contribution in [1.29, 1.82) is 0 Å². The molecule has 0 spiro atoms. The van der Waals surface area contributed by atoms with E-state index in [0.29, 0.717) is 17.6 Å². The molecule has 5 nitrogen and oxygen atoms in total. The second-order valence-electron chi connectivity index (χ2n) is 4.93. The lowest BCUT2D eigenvalue weighted by molar-refractivity contribution is 0.701. The number of hydrogen-bond donors (Lipinski definition) is 1. The molecule has 1 fully saturated rings. The van der Waals surface area contributed by atoms with Crippen molar-refractivity contribution in [3.63, 3.8) is 0 Å². The third-order valence-corrected chi connectivity index (χ3v) is 4.37. The molecule has 7 heteroatoms. The maximum absolute atomic E-state index is 6.27. The zero-order chi connectivity index (χ0) is 13.5. The van der Waals surface area contributed by atoms with Crippen LogP contribution >= 0.6 is 23.3 Å². The van der Waals surface area contributed by atoms with Gasteiger partial charge in [0.1, 0.15) is 11.0 Å². The Bertz CT molecular complexity index is 761. The molecule has 0 radical (unpaired) electrons. The molecular weight excluding hydrogens is 294 g/mol. The summed E-state index contributed by atoms with van der Waals surface area (Å²) in [5.41, 5.74) is 3.72. The van der Waals surface area contributed by atoms with Gasteiger partial charge in [0.15, 0.2) is 0 Å². The monoisotopic (exact) mass is 305 g/mol. The Labute approximate surface area is 124 Å². The van der Waals surface area contributed by atoms with Gasteiger partial charge in [0.25, 0.3) is 0 Å². The van der Waals surface area contributed by atoms with Crippen molar-refractivity contribution in [3.8, 4) is 0 Å². The molecule has 1 saturated carbocycles. The van der Waals surface area contributed by atoms with Gasteiger partial charge in [-0.3, -0.25) is 0 Å². The number of benzene rings is 1. The fourth-order valence-corrected chi connectivity index (χ4v) is 3.09. The van der Waals surface area contributed by atoms with Crippen LogP contribution in [0.3, 0.4) is 0 Å². The van der Waals surface area contributed by atoms with Gasteiger partial charge in [-0.15, -0.1) is 0 Å². The van der Waals surface area contributed by atoms with Crippen LogP contribution < -0.4 is 5.32 Å². The predicted octanol–water partition coefficient (Wildman–Crippen LogP) is 3.49. The minimum Gasteiger partial charge on any atom is -0.376 e. The molecule has 2 heterocycles. The third-order valence-electron chi connectivity index (χ3n) is 3.51. The maximum atomic E-state index is 6.27. The largest absolute Gasteiger partial charge is 0.376 e. The van der Waals surface area contributed by atoms with Gasteiger partial charge in [-0.05, 0) is 25.0 Å². The van der Waals surface area contributed by atoms with Crippen LogP contribution in [0.25, 0.3) is 11.0 Å².